The van der Waals surface area contributed by atoms with Gasteiger partial charge in [-0.15, -0.1) is 0 Å². The Kier molecular flexibility index (Phi) is 4.99. The lowest BCUT2D eigenvalue weighted by Gasteiger charge is -2.40. The fourth-order valence-electron chi connectivity index (χ4n) is 1.19. The number of unbranched alkanes of at least 4 members (excludes halogenated alkanes) is 1. The van der Waals surface area contributed by atoms with Gasteiger partial charge in [-0.1, -0.05) is 13.3 Å². The van der Waals surface area contributed by atoms with Crippen LogP contribution in [0, 0.1) is 0 Å². The molecule has 0 rings (SSSR count). The molecule has 0 aliphatic carbocycles. The number of quaternary nitrogens is 1. The fourth-order valence-corrected chi connectivity index (χ4v) is 1.19. The Hall–Kier alpha value is -0.575. The average molecular weight is 191 g/mol. The van der Waals surface area contributed by atoms with Gasteiger partial charge in [0.15, 0.2) is 0 Å². The van der Waals surface area contributed by atoms with Crippen molar-refractivity contribution >= 4 is 13.0 Å². The third-order valence-electron chi connectivity index (χ3n) is 2.33. The smallest absolute Gasteiger partial charge is 0.459 e. The lowest BCUT2D eigenvalue weighted by Crippen LogP contribution is -2.54. The largest absolute Gasteiger partial charge is 0.494 e. The Morgan fingerprint density at radius 2 is 2.08 bits per heavy atom. The van der Waals surface area contributed by atoms with Gasteiger partial charge in [-0.25, -0.2) is 0 Å². The minimum Gasteiger partial charge on any atom is -0.494 e. The quantitative estimate of drug-likeness (QED) is 0.614. The molecule has 1 unspecified atom stereocenters. The number of ether oxygens (including phenoxy) is 1. The average Bonchev–Trinajstić information content (AvgIpc) is 2.12. The van der Waals surface area contributed by atoms with Gasteiger partial charge < -0.3 is 13.4 Å². The second kappa shape index (κ2) is 5.22. The van der Waals surface area contributed by atoms with Gasteiger partial charge in [0.2, 0.25) is 5.87 Å². The van der Waals surface area contributed by atoms with Gasteiger partial charge in [-0.05, 0) is 6.42 Å². The van der Waals surface area contributed by atoms with Crippen molar-refractivity contribution in [2.45, 2.75) is 19.8 Å². The topological polar surface area (TPSA) is 26.3 Å². The third kappa shape index (κ3) is 3.76. The molecule has 0 heterocycles. The van der Waals surface area contributed by atoms with E-state index in [1.54, 1.807) is 14.1 Å². The third-order valence-corrected chi connectivity index (χ3v) is 2.33. The number of hydrogen-bond acceptors (Lipinski definition) is 2. The van der Waals surface area contributed by atoms with E-state index < -0.39 is 13.0 Å². The summed E-state index contributed by atoms with van der Waals surface area (Å²) in [6.45, 7) is 2.73. The van der Waals surface area contributed by atoms with Crippen molar-refractivity contribution < 1.29 is 18.2 Å². The normalized spacial score (nSPS) is 13.9. The molecule has 0 radical (unpaired) electrons. The number of carbonyl (C=O) groups excluding carboxylic acids is 1. The van der Waals surface area contributed by atoms with Crippen molar-refractivity contribution in [3.63, 3.8) is 0 Å². The maximum absolute atomic E-state index is 13.5. The highest BCUT2D eigenvalue weighted by molar-refractivity contribution is 6.77. The first-order valence-electron chi connectivity index (χ1n) is 4.67. The molecule has 0 aromatic rings. The van der Waals surface area contributed by atoms with Crippen molar-refractivity contribution in [3.8, 4) is 0 Å². The molecule has 0 N–H and O–H groups in total. The van der Waals surface area contributed by atoms with Crippen molar-refractivity contribution in [2.24, 2.45) is 0 Å². The molecule has 1 atom stereocenters. The van der Waals surface area contributed by atoms with Gasteiger partial charge in [0, 0.05) is 20.6 Å². The Morgan fingerprint density at radius 1 is 1.54 bits per heavy atom. The van der Waals surface area contributed by atoms with Crippen LogP contribution in [-0.2, 0) is 4.74 Å². The molecule has 0 aromatic heterocycles. The first-order chi connectivity index (χ1) is 5.95. The van der Waals surface area contributed by atoms with E-state index in [0.29, 0.717) is 6.54 Å². The number of rotatable bonds is 5. The van der Waals surface area contributed by atoms with Crippen LogP contribution in [0.1, 0.15) is 19.8 Å². The molecule has 0 fully saturated rings. The van der Waals surface area contributed by atoms with Crippen LogP contribution in [0.5, 0.6) is 0 Å². The highest BCUT2D eigenvalue weighted by atomic mass is 19.1. The minimum atomic E-state index is -2.41. The van der Waals surface area contributed by atoms with E-state index >= 15 is 0 Å². The summed E-state index contributed by atoms with van der Waals surface area (Å²) in [7, 11) is 2.28. The van der Waals surface area contributed by atoms with E-state index in [9.17, 15) is 9.11 Å². The molecule has 13 heavy (non-hydrogen) atoms. The van der Waals surface area contributed by atoms with E-state index in [-0.39, 0.29) is 4.39 Å². The maximum Gasteiger partial charge on any atom is 0.459 e. The molecule has 0 spiro atoms. The van der Waals surface area contributed by atoms with Gasteiger partial charge in [0.1, 0.15) is 0 Å². The highest BCUT2D eigenvalue weighted by Crippen LogP contribution is 2.08. The molecule has 0 aromatic carbocycles. The van der Waals surface area contributed by atoms with Crippen molar-refractivity contribution in [2.75, 3.05) is 27.7 Å². The molecule has 0 saturated carbocycles. The van der Waals surface area contributed by atoms with Crippen molar-refractivity contribution in [1.82, 2.24) is 0 Å². The lowest BCUT2D eigenvalue weighted by atomic mass is 9.81. The molecular weight excluding hydrogens is 172 g/mol. The lowest BCUT2D eigenvalue weighted by molar-refractivity contribution is -0.788. The molecule has 3 nitrogen and oxygen atoms in total. The SMILES string of the molecule is CCCC[N+](C)(C)[BH-](F)C(=O)OC. The molecule has 0 amide bonds. The zero-order valence-electron chi connectivity index (χ0n) is 8.97. The van der Waals surface area contributed by atoms with Crippen LogP contribution in [0.4, 0.5) is 9.11 Å². The Bertz CT molecular complexity index is 176. The zero-order chi connectivity index (χ0) is 10.5. The summed E-state index contributed by atoms with van der Waals surface area (Å²) >= 11 is 0. The molecule has 0 saturated heterocycles. The van der Waals surface area contributed by atoms with Gasteiger partial charge in [0.25, 0.3) is 0 Å². The summed E-state index contributed by atoms with van der Waals surface area (Å²) in [4.78, 5) is 10.9. The van der Waals surface area contributed by atoms with E-state index in [2.05, 4.69) is 4.74 Å². The van der Waals surface area contributed by atoms with Gasteiger partial charge in [-0.2, -0.15) is 0 Å². The van der Waals surface area contributed by atoms with E-state index in [4.69, 9.17) is 0 Å². The summed E-state index contributed by atoms with van der Waals surface area (Å²) < 4.78 is 18.0. The van der Waals surface area contributed by atoms with E-state index in [1.165, 1.54) is 7.11 Å². The second-order valence-corrected chi connectivity index (χ2v) is 4.00. The predicted octanol–water partition coefficient (Wildman–Crippen LogP) is 1.40. The molecule has 0 aliphatic heterocycles. The van der Waals surface area contributed by atoms with Crippen molar-refractivity contribution in [3.05, 3.63) is 0 Å². The monoisotopic (exact) mass is 191 g/mol. The Morgan fingerprint density at radius 3 is 2.46 bits per heavy atom. The molecule has 0 aliphatic rings. The first kappa shape index (κ1) is 12.4. The van der Waals surface area contributed by atoms with E-state index in [1.807, 2.05) is 6.92 Å². The van der Waals surface area contributed by atoms with Crippen molar-refractivity contribution in [1.29, 1.82) is 0 Å². The number of methoxy groups -OCH3 is 1. The number of nitrogens with zero attached hydrogens (tertiary/aromatic N) is 1. The first-order valence-corrected chi connectivity index (χ1v) is 4.67. The van der Waals surface area contributed by atoms with Crippen LogP contribution in [0.15, 0.2) is 0 Å². The summed E-state index contributed by atoms with van der Waals surface area (Å²) in [5.74, 6) is -0.707. The summed E-state index contributed by atoms with van der Waals surface area (Å²) in [6.07, 6.45) is 1.94. The molecule has 0 bridgehead atoms. The van der Waals surface area contributed by atoms with E-state index in [0.717, 1.165) is 12.8 Å². The summed E-state index contributed by atoms with van der Waals surface area (Å²) in [6, 6.07) is 0. The van der Waals surface area contributed by atoms with Gasteiger partial charge in [-0.3, -0.25) is 4.79 Å². The highest BCUT2D eigenvalue weighted by Gasteiger charge is 2.30. The predicted molar refractivity (Wildman–Crippen MR) is 52.5 cm³/mol. The Labute approximate surface area is 79.6 Å². The fraction of sp³-hybridized carbons (Fsp3) is 0.875. The standard InChI is InChI=1S/C8H19BFNO2/c1-5-6-7-11(2,3)9(10)8(12)13-4/h9H,5-7H2,1-4H3. The minimum absolute atomic E-state index is 0.126. The number of halogens is 1. The maximum atomic E-state index is 13.5. The zero-order valence-corrected chi connectivity index (χ0v) is 8.97. The van der Waals surface area contributed by atoms with Crippen LogP contribution < -0.4 is 0 Å². The number of carbonyl (C=O) groups is 1. The second-order valence-electron chi connectivity index (χ2n) is 4.00. The summed E-state index contributed by atoms with van der Waals surface area (Å²) in [5.41, 5.74) is 0. The van der Waals surface area contributed by atoms with Crippen LogP contribution in [0.25, 0.3) is 0 Å². The van der Waals surface area contributed by atoms with Crippen LogP contribution in [0.3, 0.4) is 0 Å². The number of hydrogen-bond donors (Lipinski definition) is 0. The molecule has 5 heteroatoms. The van der Waals surface area contributed by atoms with Crippen LogP contribution >= 0.6 is 0 Å². The Balaban J connectivity index is 4.17. The molecule has 78 valence electrons. The van der Waals surface area contributed by atoms with Crippen LogP contribution in [-0.4, -0.2) is 45.1 Å². The van der Waals surface area contributed by atoms with Crippen LogP contribution in [0.2, 0.25) is 0 Å². The van der Waals surface area contributed by atoms with Gasteiger partial charge in [0.05, 0.1) is 7.11 Å². The summed E-state index contributed by atoms with van der Waals surface area (Å²) in [5, 5.41) is 0. The van der Waals surface area contributed by atoms with Gasteiger partial charge >= 0.3 is 7.12 Å². The molecular formula is C8H19BFNO2.